The van der Waals surface area contributed by atoms with Gasteiger partial charge in [0, 0.05) is 12.3 Å². The van der Waals surface area contributed by atoms with E-state index in [1.807, 2.05) is 12.1 Å². The molecule has 2 aliphatic rings. The lowest BCUT2D eigenvalue weighted by Crippen LogP contribution is -2.18. The fourth-order valence-electron chi connectivity index (χ4n) is 5.40. The number of unbranched alkanes of at least 4 members (excludes halogenated alkanes) is 3. The average molecular weight is 426 g/mol. The quantitative estimate of drug-likeness (QED) is 0.295. The summed E-state index contributed by atoms with van der Waals surface area (Å²) in [6.45, 7) is 6.62. The summed E-state index contributed by atoms with van der Waals surface area (Å²) in [6.07, 6.45) is 15.9. The first-order valence-electron chi connectivity index (χ1n) is 12.6. The van der Waals surface area contributed by atoms with Crippen molar-refractivity contribution >= 4 is 0 Å². The molecule has 3 heteroatoms. The van der Waals surface area contributed by atoms with Crippen molar-refractivity contribution in [3.63, 3.8) is 0 Å². The Kier molecular flexibility index (Phi) is 9.83. The highest BCUT2D eigenvalue weighted by Crippen LogP contribution is 2.48. The molecule has 1 saturated carbocycles. The molecule has 0 aliphatic heterocycles. The number of hydrogen-bond donors (Lipinski definition) is 3. The zero-order valence-electron chi connectivity index (χ0n) is 19.6. The van der Waals surface area contributed by atoms with Gasteiger partial charge in [0.2, 0.25) is 0 Å². The molecule has 0 heterocycles. The van der Waals surface area contributed by atoms with E-state index in [9.17, 15) is 10.2 Å². The number of benzene rings is 1. The molecule has 172 valence electrons. The maximum absolute atomic E-state index is 10.6. The second-order valence-electron chi connectivity index (χ2n) is 9.80. The summed E-state index contributed by atoms with van der Waals surface area (Å²) in [5, 5.41) is 24.6. The second kappa shape index (κ2) is 12.6. The van der Waals surface area contributed by atoms with Gasteiger partial charge in [0.15, 0.2) is 0 Å². The van der Waals surface area contributed by atoms with E-state index >= 15 is 0 Å². The lowest BCUT2D eigenvalue weighted by molar-refractivity contribution is 0.140. The van der Waals surface area contributed by atoms with Gasteiger partial charge in [-0.25, -0.2) is 0 Å². The minimum atomic E-state index is -0.493. The Labute approximate surface area is 189 Å². The number of nitrogens with one attached hydrogen (secondary N) is 1. The smallest absolute Gasteiger partial charge is 0.0761 e. The molecule has 5 atom stereocenters. The predicted molar refractivity (Wildman–Crippen MR) is 130 cm³/mol. The van der Waals surface area contributed by atoms with Gasteiger partial charge in [-0.1, -0.05) is 73.4 Å². The zero-order chi connectivity index (χ0) is 22.1. The van der Waals surface area contributed by atoms with E-state index in [2.05, 4.69) is 49.5 Å². The predicted octanol–water partition coefficient (Wildman–Crippen LogP) is 5.35. The van der Waals surface area contributed by atoms with E-state index in [0.717, 1.165) is 31.5 Å². The van der Waals surface area contributed by atoms with Gasteiger partial charge in [-0.05, 0) is 75.9 Å². The summed E-state index contributed by atoms with van der Waals surface area (Å²) in [6, 6.07) is 8.32. The van der Waals surface area contributed by atoms with Crippen LogP contribution in [0.1, 0.15) is 69.4 Å². The molecule has 0 spiro atoms. The SMILES string of the molecule is CCCCNCCCCCC1=C[C@H]2C[C@@H](O)[C@H](/C=C/[C@@H](O)Cc3cccc(C)c3)[C@H]2C1. The van der Waals surface area contributed by atoms with Crippen molar-refractivity contribution in [2.24, 2.45) is 17.8 Å². The van der Waals surface area contributed by atoms with Crippen LogP contribution in [0.15, 0.2) is 48.1 Å². The fraction of sp³-hybridized carbons (Fsp3) is 0.643. The Balaban J connectivity index is 1.39. The number of hydrogen-bond acceptors (Lipinski definition) is 3. The Morgan fingerprint density at radius 1 is 1.16 bits per heavy atom. The molecular weight excluding hydrogens is 382 g/mol. The van der Waals surface area contributed by atoms with Crippen LogP contribution in [-0.4, -0.2) is 35.5 Å². The van der Waals surface area contributed by atoms with Gasteiger partial charge in [0.25, 0.3) is 0 Å². The highest BCUT2D eigenvalue weighted by molar-refractivity contribution is 5.24. The lowest BCUT2D eigenvalue weighted by Gasteiger charge is -2.19. The third-order valence-electron chi connectivity index (χ3n) is 7.09. The monoisotopic (exact) mass is 425 g/mol. The molecule has 1 fully saturated rings. The largest absolute Gasteiger partial charge is 0.392 e. The molecule has 0 unspecified atom stereocenters. The summed E-state index contributed by atoms with van der Waals surface area (Å²) in [5.41, 5.74) is 3.98. The standard InChI is InChI=1S/C28H43NO2/c1-3-4-14-29-15-7-5-6-10-23-17-24-20-28(31)26(27(24)19-23)13-12-25(30)18-22-11-8-9-21(2)16-22/h8-9,11-13,16-17,24-31H,3-7,10,14-15,18-20H2,1-2H3/b13-12+/t24-,25+,26+,27-,28+/m0/s1. The lowest BCUT2D eigenvalue weighted by atomic mass is 9.88. The number of allylic oxidation sites excluding steroid dienone is 2. The topological polar surface area (TPSA) is 52.5 Å². The minimum absolute atomic E-state index is 0.175. The van der Waals surface area contributed by atoms with Gasteiger partial charge >= 0.3 is 0 Å². The van der Waals surface area contributed by atoms with E-state index in [0.29, 0.717) is 18.3 Å². The van der Waals surface area contributed by atoms with Crippen molar-refractivity contribution in [3.8, 4) is 0 Å². The molecule has 3 N–H and O–H groups in total. The Morgan fingerprint density at radius 2 is 2.00 bits per heavy atom. The van der Waals surface area contributed by atoms with Crippen LogP contribution in [0, 0.1) is 24.7 Å². The van der Waals surface area contributed by atoms with Crippen molar-refractivity contribution in [1.29, 1.82) is 0 Å². The van der Waals surface area contributed by atoms with Gasteiger partial charge in [0.05, 0.1) is 12.2 Å². The molecule has 2 aliphatic carbocycles. The van der Waals surface area contributed by atoms with Crippen LogP contribution >= 0.6 is 0 Å². The van der Waals surface area contributed by atoms with E-state index in [1.165, 1.54) is 44.1 Å². The number of aliphatic hydroxyl groups excluding tert-OH is 2. The third-order valence-corrected chi connectivity index (χ3v) is 7.09. The van der Waals surface area contributed by atoms with Crippen LogP contribution in [0.25, 0.3) is 0 Å². The van der Waals surface area contributed by atoms with Crippen molar-refractivity contribution in [2.75, 3.05) is 13.1 Å². The Morgan fingerprint density at radius 3 is 2.81 bits per heavy atom. The van der Waals surface area contributed by atoms with Gasteiger partial charge in [-0.15, -0.1) is 0 Å². The average Bonchev–Trinajstić information content (AvgIpc) is 3.24. The number of fused-ring (bicyclic) bond motifs is 1. The van der Waals surface area contributed by atoms with Crippen LogP contribution in [0.5, 0.6) is 0 Å². The molecule has 0 aromatic heterocycles. The highest BCUT2D eigenvalue weighted by atomic mass is 16.3. The molecule has 0 bridgehead atoms. The summed E-state index contributed by atoms with van der Waals surface area (Å²) in [5.74, 6) is 1.21. The molecule has 1 aromatic carbocycles. The molecule has 31 heavy (non-hydrogen) atoms. The maximum atomic E-state index is 10.6. The van der Waals surface area contributed by atoms with E-state index in [4.69, 9.17) is 0 Å². The van der Waals surface area contributed by atoms with E-state index < -0.39 is 6.10 Å². The highest BCUT2D eigenvalue weighted by Gasteiger charge is 2.43. The first-order chi connectivity index (χ1) is 15.1. The molecule has 0 saturated heterocycles. The van der Waals surface area contributed by atoms with Gasteiger partial charge < -0.3 is 15.5 Å². The number of rotatable bonds is 13. The van der Waals surface area contributed by atoms with E-state index in [-0.39, 0.29) is 12.0 Å². The Hall–Kier alpha value is -1.42. The normalized spacial score (nSPS) is 26.4. The number of aryl methyl sites for hydroxylation is 1. The first kappa shape index (κ1) is 24.2. The summed E-state index contributed by atoms with van der Waals surface area (Å²) < 4.78 is 0. The van der Waals surface area contributed by atoms with Crippen LogP contribution < -0.4 is 5.32 Å². The van der Waals surface area contributed by atoms with Crippen LogP contribution in [0.3, 0.4) is 0 Å². The molecule has 0 amide bonds. The van der Waals surface area contributed by atoms with Gasteiger partial charge in [-0.3, -0.25) is 0 Å². The molecule has 0 radical (unpaired) electrons. The van der Waals surface area contributed by atoms with Crippen LogP contribution in [-0.2, 0) is 6.42 Å². The van der Waals surface area contributed by atoms with Crippen molar-refractivity contribution in [3.05, 3.63) is 59.2 Å². The minimum Gasteiger partial charge on any atom is -0.392 e. The van der Waals surface area contributed by atoms with Crippen LogP contribution in [0.4, 0.5) is 0 Å². The summed E-state index contributed by atoms with van der Waals surface area (Å²) in [4.78, 5) is 0. The second-order valence-corrected chi connectivity index (χ2v) is 9.80. The first-order valence-corrected chi connectivity index (χ1v) is 12.6. The maximum Gasteiger partial charge on any atom is 0.0761 e. The van der Waals surface area contributed by atoms with Gasteiger partial charge in [-0.2, -0.15) is 0 Å². The number of aliphatic hydroxyl groups is 2. The molecular formula is C28H43NO2. The summed E-state index contributed by atoms with van der Waals surface area (Å²) >= 11 is 0. The molecule has 3 nitrogen and oxygen atoms in total. The molecule has 3 rings (SSSR count). The zero-order valence-corrected chi connectivity index (χ0v) is 19.6. The Bertz CT molecular complexity index is 725. The van der Waals surface area contributed by atoms with E-state index in [1.54, 1.807) is 5.57 Å². The fourth-order valence-corrected chi connectivity index (χ4v) is 5.40. The van der Waals surface area contributed by atoms with Crippen LogP contribution in [0.2, 0.25) is 0 Å². The third kappa shape index (κ3) is 7.59. The van der Waals surface area contributed by atoms with Crippen molar-refractivity contribution < 1.29 is 10.2 Å². The van der Waals surface area contributed by atoms with Crippen molar-refractivity contribution in [1.82, 2.24) is 5.32 Å². The molecule has 1 aromatic rings. The van der Waals surface area contributed by atoms with Crippen molar-refractivity contribution in [2.45, 2.75) is 83.8 Å². The summed E-state index contributed by atoms with van der Waals surface area (Å²) in [7, 11) is 0. The van der Waals surface area contributed by atoms with Gasteiger partial charge in [0.1, 0.15) is 0 Å².